The molecule has 0 aromatic rings. The molecule has 110 valence electrons. The van der Waals surface area contributed by atoms with Gasteiger partial charge in [-0.2, -0.15) is 0 Å². The molecule has 0 aliphatic carbocycles. The zero-order valence-corrected chi connectivity index (χ0v) is 11.8. The van der Waals surface area contributed by atoms with Crippen LogP contribution >= 0.6 is 0 Å². The van der Waals surface area contributed by atoms with E-state index < -0.39 is 5.97 Å². The molecular formula is C14H24O5. The summed E-state index contributed by atoms with van der Waals surface area (Å²) in [6.07, 6.45) is 4.36. The lowest BCUT2D eigenvalue weighted by atomic mass is 10.1. The third-order valence-electron chi connectivity index (χ3n) is 2.28. The van der Waals surface area contributed by atoms with Gasteiger partial charge in [0.1, 0.15) is 6.61 Å². The molecule has 0 unspecified atom stereocenters. The van der Waals surface area contributed by atoms with Gasteiger partial charge in [-0.15, -0.1) is 0 Å². The van der Waals surface area contributed by atoms with Gasteiger partial charge in [-0.05, 0) is 5.92 Å². The van der Waals surface area contributed by atoms with Crippen LogP contribution in [0.25, 0.3) is 0 Å². The van der Waals surface area contributed by atoms with Crippen molar-refractivity contribution in [1.82, 2.24) is 0 Å². The SMILES string of the molecule is C=CC(=O)OCC(CC)CC.C=CC(=O)OCCO. The minimum Gasteiger partial charge on any atom is -0.462 e. The Morgan fingerprint density at radius 2 is 1.58 bits per heavy atom. The van der Waals surface area contributed by atoms with Crippen molar-refractivity contribution in [3.05, 3.63) is 25.3 Å². The van der Waals surface area contributed by atoms with Crippen molar-refractivity contribution in [2.75, 3.05) is 19.8 Å². The predicted octanol–water partition coefficient (Wildman–Crippen LogP) is 1.86. The van der Waals surface area contributed by atoms with Crippen LogP contribution in [-0.2, 0) is 19.1 Å². The Labute approximate surface area is 114 Å². The standard InChI is InChI=1S/C9H16O2.C5H8O3/c1-4-8(5-2)7-11-9(10)6-3;1-2-5(7)8-4-3-6/h6,8H,3-5,7H2,1-2H3;2,6H,1,3-4H2. The minimum atomic E-state index is -0.501. The highest BCUT2D eigenvalue weighted by Crippen LogP contribution is 2.07. The van der Waals surface area contributed by atoms with Gasteiger partial charge in [-0.3, -0.25) is 0 Å². The van der Waals surface area contributed by atoms with E-state index >= 15 is 0 Å². The summed E-state index contributed by atoms with van der Waals surface area (Å²) in [6, 6.07) is 0. The van der Waals surface area contributed by atoms with Gasteiger partial charge in [0, 0.05) is 12.2 Å². The first-order valence-electron chi connectivity index (χ1n) is 6.24. The third kappa shape index (κ3) is 14.3. The number of carbonyl (C=O) groups is 2. The first-order chi connectivity index (χ1) is 9.05. The maximum atomic E-state index is 10.6. The Hall–Kier alpha value is -1.62. The van der Waals surface area contributed by atoms with Crippen molar-refractivity contribution in [2.24, 2.45) is 5.92 Å². The van der Waals surface area contributed by atoms with E-state index in [-0.39, 0.29) is 19.2 Å². The fraction of sp³-hybridized carbons (Fsp3) is 0.571. The number of rotatable bonds is 8. The number of aliphatic hydroxyl groups is 1. The van der Waals surface area contributed by atoms with Gasteiger partial charge in [0.2, 0.25) is 0 Å². The second-order valence-electron chi connectivity index (χ2n) is 3.61. The Bertz CT molecular complexity index is 269. The number of carbonyl (C=O) groups excluding carboxylic acids is 2. The maximum Gasteiger partial charge on any atom is 0.330 e. The molecule has 19 heavy (non-hydrogen) atoms. The van der Waals surface area contributed by atoms with Crippen molar-refractivity contribution in [1.29, 1.82) is 0 Å². The van der Waals surface area contributed by atoms with Gasteiger partial charge in [0.05, 0.1) is 13.2 Å². The average molecular weight is 272 g/mol. The summed E-state index contributed by atoms with van der Waals surface area (Å²) >= 11 is 0. The molecule has 0 aliphatic rings. The topological polar surface area (TPSA) is 72.8 Å². The molecule has 0 aliphatic heterocycles. The van der Waals surface area contributed by atoms with E-state index in [1.165, 1.54) is 6.08 Å². The molecule has 0 amide bonds. The molecule has 5 nitrogen and oxygen atoms in total. The van der Waals surface area contributed by atoms with Crippen LogP contribution in [0.4, 0.5) is 0 Å². The maximum absolute atomic E-state index is 10.6. The summed E-state index contributed by atoms with van der Waals surface area (Å²) in [6.45, 7) is 11.1. The number of ether oxygens (including phenoxy) is 2. The molecular weight excluding hydrogens is 248 g/mol. The smallest absolute Gasteiger partial charge is 0.330 e. The summed E-state index contributed by atoms with van der Waals surface area (Å²) in [5.74, 6) is -0.324. The summed E-state index contributed by atoms with van der Waals surface area (Å²) in [5, 5.41) is 8.10. The molecule has 0 heterocycles. The Balaban J connectivity index is 0. The lowest BCUT2D eigenvalue weighted by Crippen LogP contribution is -2.10. The minimum absolute atomic E-state index is 0.0465. The fourth-order valence-electron chi connectivity index (χ4n) is 0.988. The van der Waals surface area contributed by atoms with Crippen LogP contribution in [0.15, 0.2) is 25.3 Å². The molecule has 0 saturated heterocycles. The number of esters is 2. The van der Waals surface area contributed by atoms with Crippen LogP contribution in [0.5, 0.6) is 0 Å². The van der Waals surface area contributed by atoms with Gasteiger partial charge in [0.25, 0.3) is 0 Å². The Kier molecular flexibility index (Phi) is 15.0. The van der Waals surface area contributed by atoms with Crippen LogP contribution in [0.1, 0.15) is 26.7 Å². The van der Waals surface area contributed by atoms with Crippen LogP contribution < -0.4 is 0 Å². The average Bonchev–Trinajstić information content (AvgIpc) is 2.46. The third-order valence-corrected chi connectivity index (χ3v) is 2.28. The summed E-state index contributed by atoms with van der Waals surface area (Å²) in [4.78, 5) is 20.7. The van der Waals surface area contributed by atoms with Gasteiger partial charge < -0.3 is 14.6 Å². The van der Waals surface area contributed by atoms with Gasteiger partial charge in [-0.25, -0.2) is 9.59 Å². The molecule has 0 atom stereocenters. The second-order valence-corrected chi connectivity index (χ2v) is 3.61. The molecule has 0 bridgehead atoms. The summed E-state index contributed by atoms with van der Waals surface area (Å²) in [5.41, 5.74) is 0. The number of hydrogen-bond acceptors (Lipinski definition) is 5. The van der Waals surface area contributed by atoms with Crippen LogP contribution in [0.3, 0.4) is 0 Å². The van der Waals surface area contributed by atoms with Crippen LogP contribution in [-0.4, -0.2) is 36.9 Å². The Morgan fingerprint density at radius 3 is 1.95 bits per heavy atom. The quantitative estimate of drug-likeness (QED) is 0.539. The number of aliphatic hydroxyl groups excluding tert-OH is 1. The molecule has 0 aromatic carbocycles. The van der Waals surface area contributed by atoms with E-state index in [4.69, 9.17) is 9.84 Å². The lowest BCUT2D eigenvalue weighted by molar-refractivity contribution is -0.139. The van der Waals surface area contributed by atoms with Crippen molar-refractivity contribution in [3.63, 3.8) is 0 Å². The Morgan fingerprint density at radius 1 is 1.11 bits per heavy atom. The molecule has 0 spiro atoms. The fourth-order valence-corrected chi connectivity index (χ4v) is 0.988. The van der Waals surface area contributed by atoms with Crippen molar-refractivity contribution in [3.8, 4) is 0 Å². The van der Waals surface area contributed by atoms with Crippen LogP contribution in [0.2, 0.25) is 0 Å². The molecule has 0 radical (unpaired) electrons. The monoisotopic (exact) mass is 272 g/mol. The van der Waals surface area contributed by atoms with E-state index in [1.807, 2.05) is 0 Å². The second kappa shape index (κ2) is 14.4. The normalized spacial score (nSPS) is 9.05. The predicted molar refractivity (Wildman–Crippen MR) is 73.5 cm³/mol. The van der Waals surface area contributed by atoms with E-state index in [1.54, 1.807) is 0 Å². The van der Waals surface area contributed by atoms with Gasteiger partial charge >= 0.3 is 11.9 Å². The first kappa shape index (κ1) is 19.7. The lowest BCUT2D eigenvalue weighted by Gasteiger charge is -2.10. The van der Waals surface area contributed by atoms with Crippen molar-refractivity contribution >= 4 is 11.9 Å². The summed E-state index contributed by atoms with van der Waals surface area (Å²) in [7, 11) is 0. The van der Waals surface area contributed by atoms with E-state index in [0.29, 0.717) is 12.5 Å². The highest BCUT2D eigenvalue weighted by Gasteiger charge is 2.04. The van der Waals surface area contributed by atoms with Crippen molar-refractivity contribution in [2.45, 2.75) is 26.7 Å². The molecule has 0 rings (SSSR count). The van der Waals surface area contributed by atoms with Crippen LogP contribution in [0, 0.1) is 5.92 Å². The number of hydrogen-bond donors (Lipinski definition) is 1. The molecule has 1 N–H and O–H groups in total. The van der Waals surface area contributed by atoms with Gasteiger partial charge in [-0.1, -0.05) is 39.8 Å². The first-order valence-corrected chi connectivity index (χ1v) is 6.24. The molecule has 0 aromatic heterocycles. The largest absolute Gasteiger partial charge is 0.462 e. The van der Waals surface area contributed by atoms with Crippen molar-refractivity contribution < 1.29 is 24.2 Å². The van der Waals surface area contributed by atoms with E-state index in [2.05, 4.69) is 31.7 Å². The highest BCUT2D eigenvalue weighted by atomic mass is 16.5. The zero-order valence-electron chi connectivity index (χ0n) is 11.8. The molecule has 0 fully saturated rings. The van der Waals surface area contributed by atoms with E-state index in [0.717, 1.165) is 18.9 Å². The molecule has 5 heteroatoms. The van der Waals surface area contributed by atoms with E-state index in [9.17, 15) is 9.59 Å². The molecule has 0 saturated carbocycles. The zero-order chi connectivity index (χ0) is 15.1. The van der Waals surface area contributed by atoms with Gasteiger partial charge in [0.15, 0.2) is 0 Å². The summed E-state index contributed by atoms with van der Waals surface area (Å²) < 4.78 is 9.21. The highest BCUT2D eigenvalue weighted by molar-refractivity contribution is 5.81.